The van der Waals surface area contributed by atoms with Crippen LogP contribution in [0.15, 0.2) is 30.7 Å². The number of nitrogens with one attached hydrogen (secondary N) is 2. The summed E-state index contributed by atoms with van der Waals surface area (Å²) in [5, 5.41) is 24.3. The molecule has 36 heavy (non-hydrogen) atoms. The molecule has 0 aromatic carbocycles. The Hall–Kier alpha value is -3.79. The van der Waals surface area contributed by atoms with Crippen molar-refractivity contribution in [3.63, 3.8) is 0 Å². The van der Waals surface area contributed by atoms with Crippen LogP contribution in [0, 0.1) is 11.3 Å². The number of nitriles is 1. The lowest BCUT2D eigenvalue weighted by atomic mass is 10.1. The molecule has 0 spiro atoms. The number of aromatic nitrogens is 4. The fourth-order valence-corrected chi connectivity index (χ4v) is 3.84. The summed E-state index contributed by atoms with van der Waals surface area (Å²) >= 11 is 0. The van der Waals surface area contributed by atoms with Crippen LogP contribution >= 0.6 is 0 Å². The molecule has 12 heteroatoms. The van der Waals surface area contributed by atoms with Gasteiger partial charge in [0.15, 0.2) is 17.2 Å². The largest absolute Gasteiger partial charge is 0.487 e. The van der Waals surface area contributed by atoms with E-state index in [1.54, 1.807) is 30.1 Å². The fraction of sp³-hybridized carbons (Fsp3) is 0.458. The van der Waals surface area contributed by atoms with Gasteiger partial charge in [-0.15, -0.1) is 0 Å². The molecule has 1 aliphatic rings. The number of hydrogen-bond acceptors (Lipinski definition) is 10. The molecule has 1 unspecified atom stereocenters. The number of fused-ring (bicyclic) bond motifs is 1. The van der Waals surface area contributed by atoms with Crippen molar-refractivity contribution in [2.45, 2.75) is 31.3 Å². The summed E-state index contributed by atoms with van der Waals surface area (Å²) in [6.07, 6.45) is 5.22. The Morgan fingerprint density at radius 2 is 2.14 bits per heavy atom. The zero-order valence-corrected chi connectivity index (χ0v) is 20.0. The highest BCUT2D eigenvalue weighted by Crippen LogP contribution is 2.29. The standard InChI is InChI=1S/C24H29N7O5/c1-26-18(24(32)33)6-9-35-10-11-36-20-12-19-23(30-22(20)29-17-4-7-34-8-5-17)31(15-28-19)21-3-2-16(13-25)14-27-21/h2-3,12,14-15,17-18,26H,4-11H2,1H3,(H,29,30)(H,32,33). The molecule has 1 atom stereocenters. The van der Waals surface area contributed by atoms with Crippen molar-refractivity contribution in [3.8, 4) is 17.6 Å². The molecule has 0 bridgehead atoms. The Morgan fingerprint density at radius 3 is 2.83 bits per heavy atom. The van der Waals surface area contributed by atoms with E-state index in [2.05, 4.69) is 26.7 Å². The zero-order valence-electron chi connectivity index (χ0n) is 20.0. The van der Waals surface area contributed by atoms with E-state index in [1.807, 2.05) is 6.07 Å². The zero-order chi connectivity index (χ0) is 25.3. The van der Waals surface area contributed by atoms with Crippen molar-refractivity contribution in [2.24, 2.45) is 0 Å². The maximum Gasteiger partial charge on any atom is 0.320 e. The lowest BCUT2D eigenvalue weighted by molar-refractivity contribution is -0.139. The summed E-state index contributed by atoms with van der Waals surface area (Å²) in [6.45, 7) is 2.23. The van der Waals surface area contributed by atoms with Gasteiger partial charge in [0, 0.05) is 38.1 Å². The van der Waals surface area contributed by atoms with Crippen LogP contribution in [0.25, 0.3) is 17.0 Å². The lowest BCUT2D eigenvalue weighted by Crippen LogP contribution is -2.34. The van der Waals surface area contributed by atoms with E-state index in [-0.39, 0.29) is 12.6 Å². The molecule has 0 saturated carbocycles. The molecule has 1 aliphatic heterocycles. The van der Waals surface area contributed by atoms with E-state index in [4.69, 9.17) is 29.6 Å². The maximum absolute atomic E-state index is 11.1. The number of rotatable bonds is 12. The van der Waals surface area contributed by atoms with Gasteiger partial charge in [0.05, 0.1) is 12.2 Å². The summed E-state index contributed by atoms with van der Waals surface area (Å²) < 4.78 is 18.8. The quantitative estimate of drug-likeness (QED) is 0.314. The number of pyridine rings is 2. The van der Waals surface area contributed by atoms with Gasteiger partial charge in [-0.25, -0.2) is 15.0 Å². The molecule has 1 fully saturated rings. The van der Waals surface area contributed by atoms with E-state index in [0.717, 1.165) is 12.8 Å². The van der Waals surface area contributed by atoms with Crippen molar-refractivity contribution in [2.75, 3.05) is 45.4 Å². The second kappa shape index (κ2) is 12.3. The highest BCUT2D eigenvalue weighted by atomic mass is 16.5. The number of imidazole rings is 1. The Labute approximate surface area is 208 Å². The van der Waals surface area contributed by atoms with Crippen LogP contribution in [0.5, 0.6) is 5.75 Å². The normalized spacial score (nSPS) is 14.9. The molecule has 190 valence electrons. The number of ether oxygens (including phenoxy) is 3. The molecule has 3 aromatic rings. The third kappa shape index (κ3) is 6.25. The number of carboxylic acid groups (broad SMARTS) is 1. The van der Waals surface area contributed by atoms with E-state index < -0.39 is 12.0 Å². The number of carbonyl (C=O) groups is 1. The lowest BCUT2D eigenvalue weighted by Gasteiger charge is -2.24. The van der Waals surface area contributed by atoms with Gasteiger partial charge in [-0.2, -0.15) is 5.26 Å². The molecular weight excluding hydrogens is 466 g/mol. The molecule has 0 aliphatic carbocycles. The summed E-state index contributed by atoms with van der Waals surface area (Å²) in [7, 11) is 1.61. The summed E-state index contributed by atoms with van der Waals surface area (Å²) in [5.74, 6) is 0.834. The van der Waals surface area contributed by atoms with Crippen LogP contribution in [0.2, 0.25) is 0 Å². The SMILES string of the molecule is CNC(CCOCCOc1cc2ncn(-c3ccc(C#N)cn3)c2nc1NC1CCOCC1)C(=O)O. The van der Waals surface area contributed by atoms with Gasteiger partial charge < -0.3 is 30.0 Å². The molecule has 3 N–H and O–H groups in total. The molecule has 0 radical (unpaired) electrons. The first-order valence-electron chi connectivity index (χ1n) is 11.8. The van der Waals surface area contributed by atoms with Crippen molar-refractivity contribution >= 4 is 23.0 Å². The Balaban J connectivity index is 1.48. The predicted octanol–water partition coefficient (Wildman–Crippen LogP) is 1.74. The minimum atomic E-state index is -0.906. The predicted molar refractivity (Wildman–Crippen MR) is 130 cm³/mol. The van der Waals surface area contributed by atoms with Crippen molar-refractivity contribution < 1.29 is 24.1 Å². The number of likely N-dealkylation sites (N-methyl/N-ethyl adjacent to an activating group) is 1. The van der Waals surface area contributed by atoms with Gasteiger partial charge in [0.25, 0.3) is 0 Å². The van der Waals surface area contributed by atoms with Crippen molar-refractivity contribution in [1.29, 1.82) is 5.26 Å². The van der Waals surface area contributed by atoms with Crippen molar-refractivity contribution in [1.82, 2.24) is 24.8 Å². The number of anilines is 1. The fourth-order valence-electron chi connectivity index (χ4n) is 3.84. The minimum absolute atomic E-state index is 0.196. The Morgan fingerprint density at radius 1 is 1.31 bits per heavy atom. The highest BCUT2D eigenvalue weighted by Gasteiger charge is 2.19. The van der Waals surface area contributed by atoms with Crippen LogP contribution in [-0.2, 0) is 14.3 Å². The van der Waals surface area contributed by atoms with Gasteiger partial charge in [-0.1, -0.05) is 0 Å². The van der Waals surface area contributed by atoms with Crippen LogP contribution in [-0.4, -0.2) is 82.8 Å². The Bertz CT molecular complexity index is 1200. The van der Waals surface area contributed by atoms with Gasteiger partial charge in [0.1, 0.15) is 36.4 Å². The third-order valence-corrected chi connectivity index (χ3v) is 5.86. The molecular formula is C24H29N7O5. The average Bonchev–Trinajstić information content (AvgIpc) is 3.31. The van der Waals surface area contributed by atoms with E-state index in [9.17, 15) is 4.79 Å². The van der Waals surface area contributed by atoms with Gasteiger partial charge in [0.2, 0.25) is 0 Å². The minimum Gasteiger partial charge on any atom is -0.487 e. The van der Waals surface area contributed by atoms with E-state index >= 15 is 0 Å². The van der Waals surface area contributed by atoms with Crippen LogP contribution < -0.4 is 15.4 Å². The van der Waals surface area contributed by atoms with E-state index in [1.165, 1.54) is 6.20 Å². The number of aliphatic carboxylic acids is 1. The maximum atomic E-state index is 11.1. The molecule has 1 saturated heterocycles. The number of hydrogen-bond donors (Lipinski definition) is 3. The second-order valence-electron chi connectivity index (χ2n) is 8.27. The smallest absolute Gasteiger partial charge is 0.320 e. The first-order valence-corrected chi connectivity index (χ1v) is 11.8. The van der Waals surface area contributed by atoms with Crippen LogP contribution in [0.3, 0.4) is 0 Å². The van der Waals surface area contributed by atoms with Crippen LogP contribution in [0.1, 0.15) is 24.8 Å². The topological polar surface area (TPSA) is 156 Å². The Kier molecular flexibility index (Phi) is 8.62. The molecule has 0 amide bonds. The monoisotopic (exact) mass is 495 g/mol. The molecule has 4 heterocycles. The molecule has 12 nitrogen and oxygen atoms in total. The van der Waals surface area contributed by atoms with Gasteiger partial charge in [-0.3, -0.25) is 9.36 Å². The van der Waals surface area contributed by atoms with Gasteiger partial charge >= 0.3 is 5.97 Å². The first kappa shape index (κ1) is 25.3. The second-order valence-corrected chi connectivity index (χ2v) is 8.27. The average molecular weight is 496 g/mol. The van der Waals surface area contributed by atoms with Crippen LogP contribution in [0.4, 0.5) is 5.82 Å². The highest BCUT2D eigenvalue weighted by molar-refractivity contribution is 5.78. The molecule has 4 rings (SSSR count). The number of nitrogens with zero attached hydrogens (tertiary/aromatic N) is 5. The summed E-state index contributed by atoms with van der Waals surface area (Å²) in [6, 6.07) is 6.88. The summed E-state index contributed by atoms with van der Waals surface area (Å²) in [4.78, 5) is 24.7. The summed E-state index contributed by atoms with van der Waals surface area (Å²) in [5.41, 5.74) is 1.71. The van der Waals surface area contributed by atoms with Gasteiger partial charge in [-0.05, 0) is 38.4 Å². The first-order chi connectivity index (χ1) is 17.6. The number of carboxylic acids is 1. The van der Waals surface area contributed by atoms with E-state index in [0.29, 0.717) is 67.0 Å². The third-order valence-electron chi connectivity index (χ3n) is 5.86. The van der Waals surface area contributed by atoms with Crippen molar-refractivity contribution in [3.05, 3.63) is 36.3 Å². The molecule has 3 aromatic heterocycles.